The van der Waals surface area contributed by atoms with Gasteiger partial charge in [-0.2, -0.15) is 19.0 Å². The van der Waals surface area contributed by atoms with E-state index in [4.69, 9.17) is 11.6 Å². The fourth-order valence-electron chi connectivity index (χ4n) is 8.16. The molecule has 0 radical (unpaired) electrons. The Balaban J connectivity index is 1.24. The van der Waals surface area contributed by atoms with Crippen molar-refractivity contribution < 1.29 is 48.3 Å². The second kappa shape index (κ2) is 15.4. The van der Waals surface area contributed by atoms with E-state index in [9.17, 15) is 44.3 Å². The van der Waals surface area contributed by atoms with Crippen LogP contribution in [-0.4, -0.2) is 65.1 Å². The summed E-state index contributed by atoms with van der Waals surface area (Å²) in [7, 11) is -4.08. The molecule has 0 aliphatic heterocycles. The number of hydrogen-bond donors (Lipinski definition) is 2. The van der Waals surface area contributed by atoms with Gasteiger partial charge in [-0.15, -0.1) is 0 Å². The van der Waals surface area contributed by atoms with E-state index in [2.05, 4.69) is 35.2 Å². The van der Waals surface area contributed by atoms with E-state index in [1.54, 1.807) is 6.92 Å². The van der Waals surface area contributed by atoms with Crippen molar-refractivity contribution in [1.29, 1.82) is 0 Å². The second-order valence-electron chi connectivity index (χ2n) is 15.5. The molecule has 2 aromatic carbocycles. The molecule has 2 fully saturated rings. The van der Waals surface area contributed by atoms with E-state index in [1.165, 1.54) is 24.4 Å². The number of halogens is 9. The highest BCUT2D eigenvalue weighted by Gasteiger charge is 2.67. The van der Waals surface area contributed by atoms with Crippen molar-refractivity contribution >= 4 is 44.3 Å². The van der Waals surface area contributed by atoms with Gasteiger partial charge < -0.3 is 5.32 Å². The molecule has 3 aliphatic rings. The van der Waals surface area contributed by atoms with Crippen molar-refractivity contribution in [3.8, 4) is 17.2 Å². The molecule has 0 saturated heterocycles. The van der Waals surface area contributed by atoms with Gasteiger partial charge in [0.15, 0.2) is 11.6 Å². The van der Waals surface area contributed by atoms with E-state index in [1.807, 2.05) is 0 Å². The van der Waals surface area contributed by atoms with Crippen LogP contribution >= 0.6 is 11.6 Å². The zero-order chi connectivity index (χ0) is 44.9. The van der Waals surface area contributed by atoms with Gasteiger partial charge in [-0.05, 0) is 68.0 Å². The van der Waals surface area contributed by atoms with Gasteiger partial charge in [0.1, 0.15) is 47.6 Å². The number of carbonyl (C=O) groups is 1. The van der Waals surface area contributed by atoms with Gasteiger partial charge in [-0.1, -0.05) is 11.6 Å². The second-order valence-corrected chi connectivity index (χ2v) is 17.9. The van der Waals surface area contributed by atoms with Gasteiger partial charge in [0.05, 0.1) is 32.9 Å². The Hall–Kier alpha value is -5.97. The summed E-state index contributed by atoms with van der Waals surface area (Å²) in [5.74, 6) is -10.0. The highest BCUT2D eigenvalue weighted by molar-refractivity contribution is 7.93. The number of carbonyl (C=O) groups excluding carboxylic acids is 1. The first-order chi connectivity index (χ1) is 29.8. The standard InChI is InChI=1S/C39H31ClF8N10O4S/c1-16-6-7-49-36(50-16)24-13-29(60)58(26-5-4-23(40)31-33(26)56(14-27(43)44)54-37(31)55-63(61,62)20-2-3-20)38(52-24)25(10-17-8-18(41)11-19(42)9-17)51-28(59)15-57-34-30(32(53-57)35(45)46)21-12-22(21)39(34,47)48/h4-9,11,13,20-22,25,27,35H,2-3,10,12,14-15H2,1H3,(H,51,59)(H,54,55)/t21-,22+,25-/m0/s1. The van der Waals surface area contributed by atoms with Crippen molar-refractivity contribution in [2.24, 2.45) is 5.92 Å². The third kappa shape index (κ3) is 7.78. The first kappa shape index (κ1) is 42.3. The first-order valence-corrected chi connectivity index (χ1v) is 21.2. The molecule has 24 heteroatoms. The summed E-state index contributed by atoms with van der Waals surface area (Å²) in [5, 5.41) is 9.18. The Morgan fingerprint density at radius 2 is 1.73 bits per heavy atom. The minimum atomic E-state index is -4.08. The van der Waals surface area contributed by atoms with Crippen molar-refractivity contribution in [1.82, 2.24) is 44.4 Å². The monoisotopic (exact) mass is 922 g/mol. The average molecular weight is 923 g/mol. The van der Waals surface area contributed by atoms with Gasteiger partial charge in [-0.3, -0.25) is 28.2 Å². The number of amides is 1. The number of anilines is 1. The normalized spacial score (nSPS) is 18.2. The minimum Gasteiger partial charge on any atom is -0.344 e. The molecule has 2 saturated carbocycles. The van der Waals surface area contributed by atoms with Crippen molar-refractivity contribution in [3.05, 3.63) is 110 Å². The highest BCUT2D eigenvalue weighted by Crippen LogP contribution is 2.68. The number of fused-ring (bicyclic) bond motifs is 4. The van der Waals surface area contributed by atoms with Gasteiger partial charge in [0, 0.05) is 41.9 Å². The molecule has 0 spiro atoms. The van der Waals surface area contributed by atoms with Crippen LogP contribution < -0.4 is 15.6 Å². The van der Waals surface area contributed by atoms with Crippen LogP contribution in [0.1, 0.15) is 71.7 Å². The lowest BCUT2D eigenvalue weighted by molar-refractivity contribution is -0.123. The minimum absolute atomic E-state index is 0.0455. The maximum absolute atomic E-state index is 15.5. The molecule has 4 aromatic heterocycles. The summed E-state index contributed by atoms with van der Waals surface area (Å²) in [6, 6.07) is 5.60. The lowest BCUT2D eigenvalue weighted by Gasteiger charge is -2.24. The predicted molar refractivity (Wildman–Crippen MR) is 208 cm³/mol. The molecule has 14 nitrogen and oxygen atoms in total. The SMILES string of the molecule is Cc1ccnc(-c2cc(=O)n(-c3ccc(Cl)c4c(NS(=O)(=O)C5CC5)nn(CC(F)F)c34)c([C@H](Cc3cc(F)cc(F)c3)NC(=O)Cn3nc(C(F)F)c4c3C(F)(F)[C@@H]3C[C@H]43)n2)n1. The molecule has 6 aromatic rings. The molecule has 3 aliphatic carbocycles. The molecule has 2 N–H and O–H groups in total. The van der Waals surface area contributed by atoms with Crippen LogP contribution in [0.4, 0.5) is 40.9 Å². The zero-order valence-electron chi connectivity index (χ0n) is 32.3. The third-order valence-corrected chi connectivity index (χ3v) is 13.2. The van der Waals surface area contributed by atoms with Crippen molar-refractivity contribution in [2.75, 3.05) is 4.72 Å². The third-order valence-electron chi connectivity index (χ3n) is 11.0. The summed E-state index contributed by atoms with van der Waals surface area (Å²) in [4.78, 5) is 41.8. The quantitative estimate of drug-likeness (QED) is 0.110. The van der Waals surface area contributed by atoms with E-state index in [0.29, 0.717) is 29.3 Å². The Labute approximate surface area is 355 Å². The Morgan fingerprint density at radius 1 is 1.00 bits per heavy atom. The van der Waals surface area contributed by atoms with Crippen LogP contribution in [0.3, 0.4) is 0 Å². The summed E-state index contributed by atoms with van der Waals surface area (Å²) >= 11 is 6.60. The van der Waals surface area contributed by atoms with Crippen LogP contribution in [0.15, 0.2) is 53.5 Å². The number of alkyl halides is 6. The Kier molecular flexibility index (Phi) is 10.3. The number of sulfonamides is 1. The molecule has 0 bridgehead atoms. The van der Waals surface area contributed by atoms with E-state index in [0.717, 1.165) is 27.4 Å². The van der Waals surface area contributed by atoms with Gasteiger partial charge in [-0.25, -0.2) is 49.7 Å². The Morgan fingerprint density at radius 3 is 2.40 bits per heavy atom. The number of aryl methyl sites for hydroxylation is 1. The predicted octanol–water partition coefficient (Wildman–Crippen LogP) is 6.89. The molecular formula is C39H31ClF8N10O4S. The number of aromatic nitrogens is 8. The fraction of sp³-hybridized carbons (Fsp3) is 0.359. The number of nitrogens with zero attached hydrogens (tertiary/aromatic N) is 8. The largest absolute Gasteiger partial charge is 0.344 e. The van der Waals surface area contributed by atoms with E-state index < -0.39 is 118 Å². The summed E-state index contributed by atoms with van der Waals surface area (Å²) in [6.45, 7) is -0.609. The summed E-state index contributed by atoms with van der Waals surface area (Å²) < 4.78 is 148. The van der Waals surface area contributed by atoms with Crippen LogP contribution in [0, 0.1) is 24.5 Å². The average Bonchev–Trinajstić information content (AvgIpc) is 4.11. The molecule has 9 rings (SSSR count). The summed E-state index contributed by atoms with van der Waals surface area (Å²) in [5.41, 5.74) is -3.60. The topological polar surface area (TPSA) is 172 Å². The molecule has 3 atom stereocenters. The summed E-state index contributed by atoms with van der Waals surface area (Å²) in [6.07, 6.45) is -4.98. The van der Waals surface area contributed by atoms with Crippen molar-refractivity contribution in [3.63, 3.8) is 0 Å². The van der Waals surface area contributed by atoms with Gasteiger partial charge in [0.25, 0.3) is 24.3 Å². The fourth-order valence-corrected chi connectivity index (χ4v) is 9.74. The lowest BCUT2D eigenvalue weighted by atomic mass is 10.0. The Bertz CT molecular complexity index is 3010. The number of benzene rings is 2. The molecule has 1 amide bonds. The van der Waals surface area contributed by atoms with Crippen LogP contribution in [-0.2, 0) is 40.3 Å². The highest BCUT2D eigenvalue weighted by atomic mass is 35.5. The van der Waals surface area contributed by atoms with E-state index >= 15 is 8.78 Å². The van der Waals surface area contributed by atoms with Crippen LogP contribution in [0.25, 0.3) is 28.1 Å². The van der Waals surface area contributed by atoms with Crippen molar-refractivity contribution in [2.45, 2.75) is 81.7 Å². The first-order valence-electron chi connectivity index (χ1n) is 19.2. The smallest absolute Gasteiger partial charge is 0.293 e. The maximum atomic E-state index is 15.5. The molecular weight excluding hydrogens is 892 g/mol. The van der Waals surface area contributed by atoms with Gasteiger partial charge in [0.2, 0.25) is 15.9 Å². The lowest BCUT2D eigenvalue weighted by Crippen LogP contribution is -2.38. The van der Waals surface area contributed by atoms with Gasteiger partial charge >= 0.3 is 0 Å². The maximum Gasteiger partial charge on any atom is 0.293 e. The van der Waals surface area contributed by atoms with Crippen LogP contribution in [0.2, 0.25) is 5.02 Å². The van der Waals surface area contributed by atoms with E-state index in [-0.39, 0.29) is 50.7 Å². The zero-order valence-corrected chi connectivity index (χ0v) is 33.9. The molecule has 4 heterocycles. The molecule has 330 valence electrons. The number of rotatable bonds is 14. The van der Waals surface area contributed by atoms with Crippen LogP contribution in [0.5, 0.6) is 0 Å². The molecule has 0 unspecified atom stereocenters. The molecule has 63 heavy (non-hydrogen) atoms. The number of hydrogen-bond acceptors (Lipinski definition) is 9. The number of nitrogens with one attached hydrogen (secondary N) is 2.